The van der Waals surface area contributed by atoms with Gasteiger partial charge in [-0.2, -0.15) is 5.26 Å². The molecule has 2 aromatic carbocycles. The summed E-state index contributed by atoms with van der Waals surface area (Å²) in [6.07, 6.45) is 0. The van der Waals surface area contributed by atoms with Crippen LogP contribution in [0.15, 0.2) is 42.5 Å². The van der Waals surface area contributed by atoms with Gasteiger partial charge in [0, 0.05) is 30.3 Å². The van der Waals surface area contributed by atoms with Gasteiger partial charge in [-0.1, -0.05) is 24.3 Å². The molecule has 0 fully saturated rings. The number of hydrogen-bond acceptors (Lipinski definition) is 3. The number of para-hydroxylation sites is 1. The molecular weight excluding hydrogens is 274 g/mol. The lowest BCUT2D eigenvalue weighted by Crippen LogP contribution is -2.14. The molecule has 0 amide bonds. The van der Waals surface area contributed by atoms with E-state index in [1.54, 1.807) is 6.07 Å². The van der Waals surface area contributed by atoms with Crippen LogP contribution in [0, 0.1) is 23.0 Å². The molecule has 0 radical (unpaired) electrons. The Balaban J connectivity index is 1.96. The molecule has 0 saturated heterocycles. The zero-order valence-corrected chi connectivity index (χ0v) is 11.3. The van der Waals surface area contributed by atoms with Crippen molar-refractivity contribution >= 4 is 0 Å². The van der Waals surface area contributed by atoms with Gasteiger partial charge in [0.25, 0.3) is 0 Å². The van der Waals surface area contributed by atoms with Gasteiger partial charge in [-0.25, -0.2) is 8.78 Å². The van der Waals surface area contributed by atoms with Gasteiger partial charge in [-0.15, -0.1) is 0 Å². The van der Waals surface area contributed by atoms with Gasteiger partial charge < -0.3 is 10.1 Å². The van der Waals surface area contributed by atoms with Crippen molar-refractivity contribution in [3.63, 3.8) is 0 Å². The summed E-state index contributed by atoms with van der Waals surface area (Å²) in [5.74, 6) is -0.547. The van der Waals surface area contributed by atoms with Crippen LogP contribution in [0.3, 0.4) is 0 Å². The molecule has 2 aromatic rings. The van der Waals surface area contributed by atoms with Gasteiger partial charge in [-0.3, -0.25) is 0 Å². The fourth-order valence-corrected chi connectivity index (χ4v) is 1.90. The monoisotopic (exact) mass is 288 g/mol. The first-order valence-corrected chi connectivity index (χ1v) is 6.43. The van der Waals surface area contributed by atoms with E-state index in [0.29, 0.717) is 17.9 Å². The van der Waals surface area contributed by atoms with Crippen LogP contribution < -0.4 is 10.1 Å². The molecule has 0 atom stereocenters. The SMILES string of the molecule is N#CCOc1ccccc1CNCc1ccc(F)cc1F. The second-order valence-corrected chi connectivity index (χ2v) is 4.39. The highest BCUT2D eigenvalue weighted by Gasteiger charge is 2.05. The molecule has 0 saturated carbocycles. The molecule has 0 unspecified atom stereocenters. The molecule has 0 spiro atoms. The third-order valence-electron chi connectivity index (χ3n) is 2.91. The molecule has 0 aromatic heterocycles. The number of hydrogen-bond donors (Lipinski definition) is 1. The average molecular weight is 288 g/mol. The molecular formula is C16H14F2N2O. The van der Waals surface area contributed by atoms with Gasteiger partial charge in [0.05, 0.1) is 0 Å². The molecule has 3 nitrogen and oxygen atoms in total. The third-order valence-corrected chi connectivity index (χ3v) is 2.91. The number of benzene rings is 2. The van der Waals surface area contributed by atoms with Crippen molar-refractivity contribution in [3.05, 3.63) is 65.2 Å². The van der Waals surface area contributed by atoms with Crippen molar-refractivity contribution in [1.82, 2.24) is 5.32 Å². The summed E-state index contributed by atoms with van der Waals surface area (Å²) in [5, 5.41) is 11.6. The maximum atomic E-state index is 13.5. The standard InChI is InChI=1S/C16H14F2N2O/c17-14-6-5-12(15(18)9-14)10-20-11-13-3-1-2-4-16(13)21-8-7-19/h1-6,9,20H,8,10-11H2. The minimum atomic E-state index is -0.591. The lowest BCUT2D eigenvalue weighted by molar-refractivity contribution is 0.362. The van der Waals surface area contributed by atoms with E-state index < -0.39 is 11.6 Å². The predicted octanol–water partition coefficient (Wildman–Crippen LogP) is 3.16. The Labute approximate surface area is 121 Å². The second-order valence-electron chi connectivity index (χ2n) is 4.39. The van der Waals surface area contributed by atoms with Gasteiger partial charge in [0.2, 0.25) is 0 Å². The molecule has 0 aliphatic rings. The van der Waals surface area contributed by atoms with E-state index in [-0.39, 0.29) is 13.2 Å². The Hall–Kier alpha value is -2.45. The molecule has 0 heterocycles. The summed E-state index contributed by atoms with van der Waals surface area (Å²) < 4.78 is 31.6. The minimum Gasteiger partial charge on any atom is -0.478 e. The van der Waals surface area contributed by atoms with Crippen LogP contribution in [-0.4, -0.2) is 6.61 Å². The number of nitrogens with zero attached hydrogens (tertiary/aromatic N) is 1. The van der Waals surface area contributed by atoms with Crippen LogP contribution in [-0.2, 0) is 13.1 Å². The highest BCUT2D eigenvalue weighted by molar-refractivity contribution is 5.33. The largest absolute Gasteiger partial charge is 0.478 e. The number of halogens is 2. The third kappa shape index (κ3) is 4.26. The molecule has 5 heteroatoms. The summed E-state index contributed by atoms with van der Waals surface area (Å²) >= 11 is 0. The average Bonchev–Trinajstić information content (AvgIpc) is 2.48. The van der Waals surface area contributed by atoms with Crippen molar-refractivity contribution in [3.8, 4) is 11.8 Å². The minimum absolute atomic E-state index is 0.0242. The Morgan fingerprint density at radius 1 is 1.05 bits per heavy atom. The first-order valence-electron chi connectivity index (χ1n) is 6.43. The van der Waals surface area contributed by atoms with Crippen molar-refractivity contribution in [2.45, 2.75) is 13.1 Å². The summed E-state index contributed by atoms with van der Waals surface area (Å²) in [4.78, 5) is 0. The van der Waals surface area contributed by atoms with E-state index in [9.17, 15) is 8.78 Å². The fraction of sp³-hybridized carbons (Fsp3) is 0.188. The molecule has 108 valence electrons. The zero-order valence-electron chi connectivity index (χ0n) is 11.3. The zero-order chi connectivity index (χ0) is 15.1. The molecule has 0 aliphatic heterocycles. The Kier molecular flexibility index (Phi) is 5.24. The van der Waals surface area contributed by atoms with Crippen LogP contribution in [0.1, 0.15) is 11.1 Å². The van der Waals surface area contributed by atoms with E-state index in [0.717, 1.165) is 11.6 Å². The van der Waals surface area contributed by atoms with E-state index in [1.165, 1.54) is 12.1 Å². The second kappa shape index (κ2) is 7.36. The van der Waals surface area contributed by atoms with Crippen molar-refractivity contribution < 1.29 is 13.5 Å². The van der Waals surface area contributed by atoms with Crippen LogP contribution in [0.25, 0.3) is 0 Å². The van der Waals surface area contributed by atoms with Gasteiger partial charge >= 0.3 is 0 Å². The number of rotatable bonds is 6. The lowest BCUT2D eigenvalue weighted by Gasteiger charge is -2.10. The van der Waals surface area contributed by atoms with Crippen molar-refractivity contribution in [2.24, 2.45) is 0 Å². The van der Waals surface area contributed by atoms with Crippen LogP contribution in [0.4, 0.5) is 8.78 Å². The Bertz CT molecular complexity index is 653. The van der Waals surface area contributed by atoms with E-state index in [1.807, 2.05) is 24.3 Å². The lowest BCUT2D eigenvalue weighted by atomic mass is 10.1. The van der Waals surface area contributed by atoms with E-state index >= 15 is 0 Å². The van der Waals surface area contributed by atoms with Gasteiger partial charge in [-0.05, 0) is 12.1 Å². The highest BCUT2D eigenvalue weighted by atomic mass is 19.1. The number of ether oxygens (including phenoxy) is 1. The fourth-order valence-electron chi connectivity index (χ4n) is 1.90. The van der Waals surface area contributed by atoms with Gasteiger partial charge in [0.15, 0.2) is 6.61 Å². The molecule has 21 heavy (non-hydrogen) atoms. The molecule has 2 rings (SSSR count). The van der Waals surface area contributed by atoms with Crippen molar-refractivity contribution in [2.75, 3.05) is 6.61 Å². The maximum absolute atomic E-state index is 13.5. The number of nitrogens with one attached hydrogen (secondary N) is 1. The summed E-state index contributed by atoms with van der Waals surface area (Å²) in [6, 6.07) is 12.7. The smallest absolute Gasteiger partial charge is 0.174 e. The quantitative estimate of drug-likeness (QED) is 0.888. The van der Waals surface area contributed by atoms with Crippen LogP contribution >= 0.6 is 0 Å². The normalized spacial score (nSPS) is 10.1. The predicted molar refractivity (Wildman–Crippen MR) is 74.5 cm³/mol. The summed E-state index contributed by atoms with van der Waals surface area (Å²) in [5.41, 5.74) is 1.27. The first kappa shape index (κ1) is 14.9. The Morgan fingerprint density at radius 2 is 1.81 bits per heavy atom. The number of nitriles is 1. The molecule has 1 N–H and O–H groups in total. The van der Waals surface area contributed by atoms with E-state index in [2.05, 4.69) is 5.32 Å². The van der Waals surface area contributed by atoms with Crippen LogP contribution in [0.5, 0.6) is 5.75 Å². The Morgan fingerprint density at radius 3 is 2.57 bits per heavy atom. The molecule has 0 aliphatic carbocycles. The topological polar surface area (TPSA) is 45.0 Å². The summed E-state index contributed by atoms with van der Waals surface area (Å²) in [6.45, 7) is 0.709. The van der Waals surface area contributed by atoms with E-state index in [4.69, 9.17) is 10.00 Å². The highest BCUT2D eigenvalue weighted by Crippen LogP contribution is 2.18. The summed E-state index contributed by atoms with van der Waals surface area (Å²) in [7, 11) is 0. The first-order chi connectivity index (χ1) is 10.2. The van der Waals surface area contributed by atoms with Crippen LogP contribution in [0.2, 0.25) is 0 Å². The molecule has 0 bridgehead atoms. The van der Waals surface area contributed by atoms with Crippen molar-refractivity contribution in [1.29, 1.82) is 5.26 Å². The van der Waals surface area contributed by atoms with Gasteiger partial charge in [0.1, 0.15) is 23.5 Å². The maximum Gasteiger partial charge on any atom is 0.174 e.